The molecule has 0 fully saturated rings. The van der Waals surface area contributed by atoms with Crippen LogP contribution in [0, 0.1) is 10.5 Å². The fraction of sp³-hybridized carbons (Fsp3) is 0.0833. The van der Waals surface area contributed by atoms with Crippen LogP contribution < -0.4 is 4.72 Å². The third kappa shape index (κ3) is 3.35. The van der Waals surface area contributed by atoms with E-state index in [9.17, 15) is 13.2 Å². The molecule has 100 valence electrons. The first-order valence-electron chi connectivity index (χ1n) is 5.27. The zero-order valence-corrected chi connectivity index (χ0v) is 12.9. The second-order valence-corrected chi connectivity index (χ2v) is 6.73. The van der Waals surface area contributed by atoms with Crippen molar-refractivity contribution in [1.29, 1.82) is 0 Å². The van der Waals surface area contributed by atoms with Crippen LogP contribution in [0.2, 0.25) is 0 Å². The number of aryl methyl sites for hydroxylation is 1. The highest BCUT2D eigenvalue weighted by Crippen LogP contribution is 2.13. The molecule has 5 nitrogen and oxygen atoms in total. The molecule has 0 aliphatic carbocycles. The Kier molecular flexibility index (Phi) is 3.95. The molecule has 1 heterocycles. The molecule has 2 rings (SSSR count). The Balaban J connectivity index is 2.22. The summed E-state index contributed by atoms with van der Waals surface area (Å²) in [6.45, 7) is 1.67. The summed E-state index contributed by atoms with van der Waals surface area (Å²) in [7, 11) is -3.88. The normalized spacial score (nSPS) is 11.3. The van der Waals surface area contributed by atoms with E-state index in [4.69, 9.17) is 4.42 Å². The first-order chi connectivity index (χ1) is 8.88. The second-order valence-electron chi connectivity index (χ2n) is 3.80. The molecule has 1 amide bonds. The van der Waals surface area contributed by atoms with Crippen LogP contribution in [0.5, 0.6) is 0 Å². The van der Waals surface area contributed by atoms with Gasteiger partial charge in [0.15, 0.2) is 5.76 Å². The van der Waals surface area contributed by atoms with Crippen molar-refractivity contribution in [2.24, 2.45) is 0 Å². The maximum atomic E-state index is 12.0. The number of nitrogens with one attached hydrogen (secondary N) is 1. The maximum absolute atomic E-state index is 12.0. The fourth-order valence-electron chi connectivity index (χ4n) is 1.40. The van der Waals surface area contributed by atoms with Gasteiger partial charge in [0.1, 0.15) is 5.76 Å². The number of furan rings is 1. The predicted octanol–water partition coefficient (Wildman–Crippen LogP) is 2.31. The van der Waals surface area contributed by atoms with E-state index in [0.29, 0.717) is 5.76 Å². The van der Waals surface area contributed by atoms with Crippen molar-refractivity contribution < 1.29 is 17.6 Å². The van der Waals surface area contributed by atoms with Gasteiger partial charge in [-0.3, -0.25) is 4.79 Å². The minimum atomic E-state index is -3.88. The summed E-state index contributed by atoms with van der Waals surface area (Å²) in [6, 6.07) is 9.18. The summed E-state index contributed by atoms with van der Waals surface area (Å²) < 4.78 is 31.9. The number of sulfonamides is 1. The number of amides is 1. The topological polar surface area (TPSA) is 76.4 Å². The van der Waals surface area contributed by atoms with E-state index >= 15 is 0 Å². The van der Waals surface area contributed by atoms with Gasteiger partial charge in [0.25, 0.3) is 10.0 Å². The molecule has 0 atom stereocenters. The maximum Gasteiger partial charge on any atom is 0.300 e. The summed E-state index contributed by atoms with van der Waals surface area (Å²) >= 11 is 2.07. The number of hydrogen-bond acceptors (Lipinski definition) is 4. The molecule has 19 heavy (non-hydrogen) atoms. The summed E-state index contributed by atoms with van der Waals surface area (Å²) in [5, 5.41) is 0. The summed E-state index contributed by atoms with van der Waals surface area (Å²) in [5.74, 6) is -0.282. The monoisotopic (exact) mass is 391 g/mol. The van der Waals surface area contributed by atoms with Crippen LogP contribution in [0.1, 0.15) is 16.3 Å². The molecule has 0 saturated carbocycles. The van der Waals surface area contributed by atoms with Crippen molar-refractivity contribution >= 4 is 38.5 Å². The quantitative estimate of drug-likeness (QED) is 0.815. The molecule has 0 unspecified atom stereocenters. The Bertz CT molecular complexity index is 704. The fourth-order valence-corrected chi connectivity index (χ4v) is 2.72. The largest absolute Gasteiger partial charge is 0.456 e. The second kappa shape index (κ2) is 5.33. The molecule has 1 aromatic carbocycles. The van der Waals surface area contributed by atoms with E-state index in [1.54, 1.807) is 25.1 Å². The van der Waals surface area contributed by atoms with Crippen molar-refractivity contribution in [2.75, 3.05) is 0 Å². The highest BCUT2D eigenvalue weighted by atomic mass is 127. The van der Waals surface area contributed by atoms with Gasteiger partial charge in [-0.05, 0) is 65.9 Å². The highest BCUT2D eigenvalue weighted by molar-refractivity contribution is 14.1. The Morgan fingerprint density at radius 3 is 2.32 bits per heavy atom. The van der Waals surface area contributed by atoms with Crippen molar-refractivity contribution in [1.82, 2.24) is 4.72 Å². The Morgan fingerprint density at radius 2 is 1.79 bits per heavy atom. The molecule has 0 aliphatic heterocycles. The van der Waals surface area contributed by atoms with E-state index in [1.807, 2.05) is 4.72 Å². The van der Waals surface area contributed by atoms with Crippen LogP contribution in [0.4, 0.5) is 0 Å². The molecule has 0 spiro atoms. The van der Waals surface area contributed by atoms with E-state index < -0.39 is 15.9 Å². The molecule has 0 bridgehead atoms. The average Bonchev–Trinajstić information content (AvgIpc) is 2.76. The number of rotatable bonds is 3. The van der Waals surface area contributed by atoms with Crippen molar-refractivity contribution in [3.8, 4) is 0 Å². The summed E-state index contributed by atoms with van der Waals surface area (Å²) in [6.07, 6.45) is 0. The van der Waals surface area contributed by atoms with Gasteiger partial charge in [-0.25, -0.2) is 13.1 Å². The van der Waals surface area contributed by atoms with Crippen LogP contribution in [0.25, 0.3) is 0 Å². The van der Waals surface area contributed by atoms with Crippen LogP contribution in [0.15, 0.2) is 45.7 Å². The van der Waals surface area contributed by atoms with Crippen LogP contribution >= 0.6 is 22.6 Å². The molecule has 2 aromatic rings. The molecule has 7 heteroatoms. The van der Waals surface area contributed by atoms with Crippen molar-refractivity contribution in [2.45, 2.75) is 11.8 Å². The van der Waals surface area contributed by atoms with Crippen LogP contribution in [-0.4, -0.2) is 14.3 Å². The lowest BCUT2D eigenvalue weighted by atomic mass is 10.4. The number of benzene rings is 1. The van der Waals surface area contributed by atoms with Crippen molar-refractivity contribution in [3.05, 3.63) is 51.5 Å². The molecule has 0 saturated heterocycles. The van der Waals surface area contributed by atoms with Crippen molar-refractivity contribution in [3.63, 3.8) is 0 Å². The zero-order chi connectivity index (χ0) is 14.0. The van der Waals surface area contributed by atoms with Gasteiger partial charge in [0.05, 0.1) is 4.90 Å². The predicted molar refractivity (Wildman–Crippen MR) is 77.3 cm³/mol. The number of hydrogen-bond donors (Lipinski definition) is 1. The molecular formula is C12H10INO4S. The minimum Gasteiger partial charge on any atom is -0.456 e. The molecule has 1 N–H and O–H groups in total. The number of carbonyl (C=O) groups excluding carboxylic acids is 1. The van der Waals surface area contributed by atoms with E-state index in [1.165, 1.54) is 18.2 Å². The average molecular weight is 391 g/mol. The van der Waals surface area contributed by atoms with Gasteiger partial charge in [0, 0.05) is 3.57 Å². The SMILES string of the molecule is Cc1ccc(C(=O)NS(=O)(=O)c2ccc(I)cc2)o1. The lowest BCUT2D eigenvalue weighted by molar-refractivity contribution is 0.0953. The number of carbonyl (C=O) groups is 1. The third-order valence-corrected chi connectivity index (χ3v) is 4.38. The lowest BCUT2D eigenvalue weighted by Crippen LogP contribution is -2.30. The van der Waals surface area contributed by atoms with E-state index in [0.717, 1.165) is 3.57 Å². The zero-order valence-electron chi connectivity index (χ0n) is 9.88. The van der Waals surface area contributed by atoms with Gasteiger partial charge in [-0.15, -0.1) is 0 Å². The first-order valence-corrected chi connectivity index (χ1v) is 7.84. The molecule has 1 aromatic heterocycles. The summed E-state index contributed by atoms with van der Waals surface area (Å²) in [5.41, 5.74) is 0. The van der Waals surface area contributed by atoms with Gasteiger partial charge in [-0.1, -0.05) is 0 Å². The molecular weight excluding hydrogens is 381 g/mol. The molecule has 0 radical (unpaired) electrons. The Morgan fingerprint density at radius 1 is 1.16 bits per heavy atom. The number of halogens is 1. The minimum absolute atomic E-state index is 0.0320. The molecule has 0 aliphatic rings. The summed E-state index contributed by atoms with van der Waals surface area (Å²) in [4.78, 5) is 11.8. The Hall–Kier alpha value is -1.35. The standard InChI is InChI=1S/C12H10INO4S/c1-8-2-7-11(18-8)12(15)14-19(16,17)10-5-3-9(13)4-6-10/h2-7H,1H3,(H,14,15). The van der Waals surface area contributed by atoms with Gasteiger partial charge >= 0.3 is 5.91 Å². The van der Waals surface area contributed by atoms with E-state index in [2.05, 4.69) is 22.6 Å². The van der Waals surface area contributed by atoms with E-state index in [-0.39, 0.29) is 10.7 Å². The highest BCUT2D eigenvalue weighted by Gasteiger charge is 2.20. The first kappa shape index (κ1) is 14.1. The Labute approximate surface area is 124 Å². The third-order valence-electron chi connectivity index (χ3n) is 2.32. The van der Waals surface area contributed by atoms with Crippen LogP contribution in [0.3, 0.4) is 0 Å². The van der Waals surface area contributed by atoms with Gasteiger partial charge < -0.3 is 4.42 Å². The van der Waals surface area contributed by atoms with Gasteiger partial charge in [0.2, 0.25) is 0 Å². The lowest BCUT2D eigenvalue weighted by Gasteiger charge is -2.05. The smallest absolute Gasteiger partial charge is 0.300 e. The van der Waals surface area contributed by atoms with Crippen LogP contribution in [-0.2, 0) is 10.0 Å². The van der Waals surface area contributed by atoms with Gasteiger partial charge in [-0.2, -0.15) is 0 Å².